The summed E-state index contributed by atoms with van der Waals surface area (Å²) in [5.74, 6) is -0.620. The number of pyridine rings is 1. The molecule has 2 aromatic rings. The third-order valence-corrected chi connectivity index (χ3v) is 4.64. The van der Waals surface area contributed by atoms with E-state index in [-0.39, 0.29) is 16.8 Å². The number of nitrogens with one attached hydrogen (secondary N) is 1. The first kappa shape index (κ1) is 19.0. The molecular weight excluding hydrogens is 359 g/mol. The maximum absolute atomic E-state index is 13.1. The summed E-state index contributed by atoms with van der Waals surface area (Å²) in [4.78, 5) is 26.2. The lowest BCUT2D eigenvalue weighted by atomic mass is 10.1. The fourth-order valence-electron chi connectivity index (χ4n) is 3.11. The second kappa shape index (κ2) is 7.46. The highest BCUT2D eigenvalue weighted by Crippen LogP contribution is 2.36. The van der Waals surface area contributed by atoms with Crippen LogP contribution in [0.25, 0.3) is 0 Å². The highest BCUT2D eigenvalue weighted by Gasteiger charge is 2.32. The molecular formula is C19H20F3N3O2. The Labute approximate surface area is 154 Å². The zero-order chi connectivity index (χ0) is 19.6. The van der Waals surface area contributed by atoms with Gasteiger partial charge < -0.3 is 14.8 Å². The lowest BCUT2D eigenvalue weighted by Crippen LogP contribution is -2.30. The number of rotatable bonds is 3. The van der Waals surface area contributed by atoms with E-state index in [1.54, 1.807) is 7.05 Å². The molecule has 8 heteroatoms. The second-order valence-corrected chi connectivity index (χ2v) is 6.60. The van der Waals surface area contributed by atoms with Crippen LogP contribution >= 0.6 is 0 Å². The molecule has 1 aliphatic rings. The Morgan fingerprint density at radius 3 is 2.41 bits per heavy atom. The molecule has 5 nitrogen and oxygen atoms in total. The molecule has 0 atom stereocenters. The third-order valence-electron chi connectivity index (χ3n) is 4.64. The predicted molar refractivity (Wildman–Crippen MR) is 97.1 cm³/mol. The summed E-state index contributed by atoms with van der Waals surface area (Å²) in [5.41, 5.74) is -0.456. The summed E-state index contributed by atoms with van der Waals surface area (Å²) in [6.07, 6.45) is -0.101. The topological polar surface area (TPSA) is 54.3 Å². The Morgan fingerprint density at radius 1 is 1.07 bits per heavy atom. The molecule has 1 fully saturated rings. The van der Waals surface area contributed by atoms with E-state index >= 15 is 0 Å². The first-order chi connectivity index (χ1) is 12.8. The molecule has 0 radical (unpaired) electrons. The highest BCUT2D eigenvalue weighted by atomic mass is 19.4. The van der Waals surface area contributed by atoms with Crippen molar-refractivity contribution in [2.24, 2.45) is 7.05 Å². The van der Waals surface area contributed by atoms with Crippen LogP contribution in [-0.2, 0) is 13.2 Å². The van der Waals surface area contributed by atoms with Crippen LogP contribution in [0.4, 0.5) is 24.5 Å². The lowest BCUT2D eigenvalue weighted by molar-refractivity contribution is -0.137. The van der Waals surface area contributed by atoms with E-state index in [1.807, 2.05) is 4.90 Å². The van der Waals surface area contributed by atoms with Crippen molar-refractivity contribution in [1.29, 1.82) is 0 Å². The van der Waals surface area contributed by atoms with Crippen molar-refractivity contribution < 1.29 is 18.0 Å². The Hall–Kier alpha value is -2.77. The predicted octanol–water partition coefficient (Wildman–Crippen LogP) is 3.65. The monoisotopic (exact) mass is 379 g/mol. The van der Waals surface area contributed by atoms with E-state index < -0.39 is 17.6 Å². The fourth-order valence-corrected chi connectivity index (χ4v) is 3.11. The molecule has 0 unspecified atom stereocenters. The van der Waals surface area contributed by atoms with Crippen LogP contribution in [0.5, 0.6) is 0 Å². The number of benzene rings is 1. The van der Waals surface area contributed by atoms with Gasteiger partial charge in [0.25, 0.3) is 11.5 Å². The molecule has 0 saturated carbocycles. The summed E-state index contributed by atoms with van der Waals surface area (Å²) < 4.78 is 40.7. The average molecular weight is 379 g/mol. The summed E-state index contributed by atoms with van der Waals surface area (Å²) in [5, 5.41) is 2.55. The number of anilines is 2. The zero-order valence-electron chi connectivity index (χ0n) is 14.8. The van der Waals surface area contributed by atoms with Gasteiger partial charge in [-0.25, -0.2) is 0 Å². The summed E-state index contributed by atoms with van der Waals surface area (Å²) >= 11 is 0. The molecule has 27 heavy (non-hydrogen) atoms. The number of carbonyl (C=O) groups excluding carboxylic acids is 1. The summed E-state index contributed by atoms with van der Waals surface area (Å²) in [6.45, 7) is 1.44. The van der Waals surface area contributed by atoms with Gasteiger partial charge in [-0.2, -0.15) is 13.2 Å². The molecule has 1 saturated heterocycles. The van der Waals surface area contributed by atoms with Crippen LogP contribution in [0.3, 0.4) is 0 Å². The molecule has 3 rings (SSSR count). The normalized spacial score (nSPS) is 14.9. The van der Waals surface area contributed by atoms with Crippen molar-refractivity contribution in [3.63, 3.8) is 0 Å². The van der Waals surface area contributed by atoms with Gasteiger partial charge in [-0.05, 0) is 43.5 Å². The van der Waals surface area contributed by atoms with Crippen LogP contribution in [-0.4, -0.2) is 23.6 Å². The number of halogens is 3. The summed E-state index contributed by atoms with van der Waals surface area (Å²) in [7, 11) is 1.55. The Balaban J connectivity index is 1.96. The number of nitrogens with zero attached hydrogens (tertiary/aromatic N) is 2. The average Bonchev–Trinajstić information content (AvgIpc) is 2.64. The molecule has 2 heterocycles. The minimum Gasteiger partial charge on any atom is -0.370 e. The van der Waals surface area contributed by atoms with Crippen molar-refractivity contribution in [2.45, 2.75) is 25.4 Å². The number of piperidine rings is 1. The molecule has 1 N–H and O–H groups in total. The van der Waals surface area contributed by atoms with Gasteiger partial charge in [0.1, 0.15) is 0 Å². The van der Waals surface area contributed by atoms with Gasteiger partial charge in [-0.3, -0.25) is 9.59 Å². The fraction of sp³-hybridized carbons (Fsp3) is 0.368. The molecule has 144 valence electrons. The van der Waals surface area contributed by atoms with E-state index in [2.05, 4.69) is 5.32 Å². The van der Waals surface area contributed by atoms with Gasteiger partial charge >= 0.3 is 6.18 Å². The number of carbonyl (C=O) groups is 1. The van der Waals surface area contributed by atoms with Crippen LogP contribution in [0, 0.1) is 0 Å². The Bertz CT molecular complexity index is 900. The molecule has 1 aromatic heterocycles. The first-order valence-electron chi connectivity index (χ1n) is 8.70. The van der Waals surface area contributed by atoms with Gasteiger partial charge in [0.2, 0.25) is 0 Å². The molecule has 1 aromatic carbocycles. The quantitative estimate of drug-likeness (QED) is 0.886. The van der Waals surface area contributed by atoms with Gasteiger partial charge in [0, 0.05) is 38.0 Å². The maximum atomic E-state index is 13.1. The van der Waals surface area contributed by atoms with Crippen molar-refractivity contribution in [2.75, 3.05) is 23.3 Å². The molecule has 1 aliphatic heterocycles. The maximum Gasteiger partial charge on any atom is 0.416 e. The molecule has 0 spiro atoms. The first-order valence-corrected chi connectivity index (χ1v) is 8.70. The standard InChI is InChI=1S/C19H20F3N3O2/c1-24-10-7-13(11-17(24)26)18(27)23-15-12-14(19(20,21)22)5-6-16(15)25-8-3-2-4-9-25/h5-7,10-12H,2-4,8-9H2,1H3,(H,23,27). The SMILES string of the molecule is Cn1ccc(C(=O)Nc2cc(C(F)(F)F)ccc2N2CCCCC2)cc1=O. The Kier molecular flexibility index (Phi) is 5.25. The smallest absolute Gasteiger partial charge is 0.370 e. The Morgan fingerprint density at radius 2 is 1.78 bits per heavy atom. The molecule has 0 bridgehead atoms. The van der Waals surface area contributed by atoms with E-state index in [1.165, 1.54) is 22.9 Å². The van der Waals surface area contributed by atoms with E-state index in [4.69, 9.17) is 0 Å². The largest absolute Gasteiger partial charge is 0.416 e. The minimum atomic E-state index is -4.51. The molecule has 0 aliphatic carbocycles. The number of amides is 1. The van der Waals surface area contributed by atoms with Crippen LogP contribution < -0.4 is 15.8 Å². The number of alkyl halides is 3. The highest BCUT2D eigenvalue weighted by molar-refractivity contribution is 6.06. The van der Waals surface area contributed by atoms with E-state index in [0.717, 1.165) is 50.6 Å². The third kappa shape index (κ3) is 4.32. The van der Waals surface area contributed by atoms with Crippen LogP contribution in [0.1, 0.15) is 35.2 Å². The van der Waals surface area contributed by atoms with Gasteiger partial charge in [-0.1, -0.05) is 0 Å². The van der Waals surface area contributed by atoms with Crippen molar-refractivity contribution in [1.82, 2.24) is 4.57 Å². The van der Waals surface area contributed by atoms with Crippen molar-refractivity contribution in [3.05, 3.63) is 58.0 Å². The van der Waals surface area contributed by atoms with Gasteiger partial charge in [-0.15, -0.1) is 0 Å². The van der Waals surface area contributed by atoms with E-state index in [0.29, 0.717) is 5.69 Å². The number of hydrogen-bond donors (Lipinski definition) is 1. The molecule has 1 amide bonds. The van der Waals surface area contributed by atoms with Gasteiger partial charge in [0.15, 0.2) is 0 Å². The van der Waals surface area contributed by atoms with Crippen LogP contribution in [0.2, 0.25) is 0 Å². The number of aryl methyl sites for hydroxylation is 1. The minimum absolute atomic E-state index is 0.0948. The van der Waals surface area contributed by atoms with E-state index in [9.17, 15) is 22.8 Å². The second-order valence-electron chi connectivity index (χ2n) is 6.60. The number of hydrogen-bond acceptors (Lipinski definition) is 3. The van der Waals surface area contributed by atoms with Crippen molar-refractivity contribution in [3.8, 4) is 0 Å². The van der Waals surface area contributed by atoms with Crippen molar-refractivity contribution >= 4 is 17.3 Å². The van der Waals surface area contributed by atoms with Gasteiger partial charge in [0.05, 0.1) is 16.9 Å². The number of aromatic nitrogens is 1. The lowest BCUT2D eigenvalue weighted by Gasteiger charge is -2.31. The summed E-state index contributed by atoms with van der Waals surface area (Å²) in [6, 6.07) is 5.98. The van der Waals surface area contributed by atoms with Crippen LogP contribution in [0.15, 0.2) is 41.3 Å². The zero-order valence-corrected chi connectivity index (χ0v) is 14.8.